The molecule has 2 aliphatic rings. The first-order chi connectivity index (χ1) is 15.1. The minimum atomic E-state index is -0.825. The van der Waals surface area contributed by atoms with E-state index in [9.17, 15) is 15.0 Å². The number of thiophene rings is 1. The van der Waals surface area contributed by atoms with Gasteiger partial charge in [0, 0.05) is 36.7 Å². The largest absolute Gasteiger partial charge is 0.477 e. The van der Waals surface area contributed by atoms with E-state index in [1.807, 2.05) is 18.2 Å². The Morgan fingerprint density at radius 3 is 2.58 bits per heavy atom. The summed E-state index contributed by atoms with van der Waals surface area (Å²) in [5.41, 5.74) is 4.74. The second kappa shape index (κ2) is 10.1. The molecule has 166 valence electrons. The Labute approximate surface area is 189 Å². The Hall–Kier alpha value is -1.95. The summed E-state index contributed by atoms with van der Waals surface area (Å²) in [6.07, 6.45) is 6.59. The van der Waals surface area contributed by atoms with Crippen LogP contribution < -0.4 is 0 Å². The molecule has 2 aromatic rings. The molecule has 0 spiro atoms. The van der Waals surface area contributed by atoms with Gasteiger partial charge in [0.1, 0.15) is 4.88 Å². The van der Waals surface area contributed by atoms with Crippen molar-refractivity contribution in [3.63, 3.8) is 0 Å². The molecule has 31 heavy (non-hydrogen) atoms. The third-order valence-corrected chi connectivity index (χ3v) is 8.08. The highest BCUT2D eigenvalue weighted by Crippen LogP contribution is 2.43. The van der Waals surface area contributed by atoms with Crippen molar-refractivity contribution >= 4 is 22.9 Å². The van der Waals surface area contributed by atoms with Crippen LogP contribution in [0, 0.1) is 11.8 Å². The van der Waals surface area contributed by atoms with Crippen molar-refractivity contribution in [2.24, 2.45) is 11.8 Å². The molecular formula is C26H33NO3S. The zero-order chi connectivity index (χ0) is 21.8. The van der Waals surface area contributed by atoms with Crippen molar-refractivity contribution in [2.75, 3.05) is 26.2 Å². The average Bonchev–Trinajstić information content (AvgIpc) is 3.24. The van der Waals surface area contributed by atoms with E-state index in [-0.39, 0.29) is 6.61 Å². The number of carboxylic acids is 1. The van der Waals surface area contributed by atoms with Crippen molar-refractivity contribution in [2.45, 2.75) is 45.4 Å². The van der Waals surface area contributed by atoms with E-state index in [2.05, 4.69) is 30.0 Å². The van der Waals surface area contributed by atoms with E-state index in [4.69, 9.17) is 0 Å². The van der Waals surface area contributed by atoms with Gasteiger partial charge in [0.15, 0.2) is 0 Å². The number of carbonyl (C=O) groups is 1. The fraction of sp³-hybridized carbons (Fsp3) is 0.500. The number of carboxylic acid groups (broad SMARTS) is 1. The lowest BCUT2D eigenvalue weighted by Gasteiger charge is -2.37. The molecule has 0 atom stereocenters. The van der Waals surface area contributed by atoms with Crippen molar-refractivity contribution in [3.8, 4) is 10.4 Å². The van der Waals surface area contributed by atoms with Crippen molar-refractivity contribution in [1.82, 2.24) is 4.90 Å². The van der Waals surface area contributed by atoms with E-state index in [1.54, 1.807) is 0 Å². The molecule has 1 fully saturated rings. The quantitative estimate of drug-likeness (QED) is 0.574. The van der Waals surface area contributed by atoms with E-state index in [1.165, 1.54) is 48.2 Å². The summed E-state index contributed by atoms with van der Waals surface area (Å²) in [5, 5.41) is 19.3. The third kappa shape index (κ3) is 5.11. The molecule has 5 heteroatoms. The predicted molar refractivity (Wildman–Crippen MR) is 128 cm³/mol. The second-order valence-electron chi connectivity index (χ2n) is 9.09. The standard InChI is InChI=1S/C26H33NO3S/c1-18-8-10-19(11-9-18)23-17-27(13-5-15-28)14-12-21(23)22-16-24(31-25(22)26(29)30)20-6-3-2-4-7-20/h2-4,6-7,16,18-19,28H,5,8-15,17H2,1H3,(H,29,30). The molecule has 2 heterocycles. The molecular weight excluding hydrogens is 406 g/mol. The fourth-order valence-corrected chi connectivity index (χ4v) is 6.17. The molecule has 0 radical (unpaired) electrons. The van der Waals surface area contributed by atoms with E-state index < -0.39 is 5.97 Å². The Balaban J connectivity index is 1.74. The van der Waals surface area contributed by atoms with Crippen LogP contribution in [0.15, 0.2) is 42.0 Å². The summed E-state index contributed by atoms with van der Waals surface area (Å²) >= 11 is 1.40. The van der Waals surface area contributed by atoms with Gasteiger partial charge in [-0.2, -0.15) is 0 Å². The lowest BCUT2D eigenvalue weighted by Crippen LogP contribution is -2.35. The molecule has 4 rings (SSSR count). The van der Waals surface area contributed by atoms with Gasteiger partial charge < -0.3 is 10.2 Å². The number of rotatable bonds is 7. The van der Waals surface area contributed by atoms with Crippen LogP contribution in [0.4, 0.5) is 0 Å². The Morgan fingerprint density at radius 2 is 1.90 bits per heavy atom. The van der Waals surface area contributed by atoms with Crippen LogP contribution in [0.5, 0.6) is 0 Å². The number of aromatic carboxylic acids is 1. The maximum absolute atomic E-state index is 12.2. The summed E-state index contributed by atoms with van der Waals surface area (Å²) in [6.45, 7) is 5.30. The maximum atomic E-state index is 12.2. The van der Waals surface area contributed by atoms with Crippen molar-refractivity contribution in [1.29, 1.82) is 0 Å². The smallest absolute Gasteiger partial charge is 0.346 e. The molecule has 2 N–H and O–H groups in total. The number of aliphatic hydroxyl groups is 1. The molecule has 0 bridgehead atoms. The fourth-order valence-electron chi connectivity index (χ4n) is 5.14. The molecule has 1 saturated carbocycles. The van der Waals surface area contributed by atoms with Gasteiger partial charge in [0.25, 0.3) is 0 Å². The van der Waals surface area contributed by atoms with Gasteiger partial charge in [-0.05, 0) is 60.3 Å². The Kier molecular flexibility index (Phi) is 7.26. The van der Waals surface area contributed by atoms with Gasteiger partial charge in [-0.3, -0.25) is 4.90 Å². The summed E-state index contributed by atoms with van der Waals surface area (Å²) in [4.78, 5) is 16.1. The molecule has 1 aliphatic carbocycles. The molecule has 0 saturated heterocycles. The van der Waals surface area contributed by atoms with E-state index in [0.717, 1.165) is 54.4 Å². The monoisotopic (exact) mass is 439 g/mol. The molecule has 0 amide bonds. The van der Waals surface area contributed by atoms with Crippen LogP contribution in [-0.2, 0) is 0 Å². The third-order valence-electron chi connectivity index (χ3n) is 6.91. The normalized spacial score (nSPS) is 22.6. The first kappa shape index (κ1) is 22.3. The zero-order valence-corrected chi connectivity index (χ0v) is 19.2. The van der Waals surface area contributed by atoms with Crippen LogP contribution in [-0.4, -0.2) is 47.3 Å². The summed E-state index contributed by atoms with van der Waals surface area (Å²) in [5.74, 6) is 0.508. The average molecular weight is 440 g/mol. The highest BCUT2D eigenvalue weighted by Gasteiger charge is 2.31. The van der Waals surface area contributed by atoms with E-state index >= 15 is 0 Å². The lowest BCUT2D eigenvalue weighted by atomic mass is 9.75. The molecule has 1 aliphatic heterocycles. The SMILES string of the molecule is CC1CCC(C2=C(c3cc(-c4ccccc4)sc3C(=O)O)CCN(CCCO)C2)CC1. The first-order valence-electron chi connectivity index (χ1n) is 11.5. The van der Waals surface area contributed by atoms with Crippen LogP contribution in [0.1, 0.15) is 60.7 Å². The predicted octanol–water partition coefficient (Wildman–Crippen LogP) is 5.78. The number of hydrogen-bond donors (Lipinski definition) is 2. The van der Waals surface area contributed by atoms with Gasteiger partial charge in [-0.15, -0.1) is 11.3 Å². The molecule has 1 aromatic carbocycles. The second-order valence-corrected chi connectivity index (χ2v) is 10.1. The van der Waals surface area contributed by atoms with Crippen LogP contribution in [0.25, 0.3) is 16.0 Å². The van der Waals surface area contributed by atoms with Gasteiger partial charge in [0.05, 0.1) is 0 Å². The minimum Gasteiger partial charge on any atom is -0.477 e. The van der Waals surface area contributed by atoms with Gasteiger partial charge in [-0.1, -0.05) is 50.1 Å². The van der Waals surface area contributed by atoms with Gasteiger partial charge >= 0.3 is 5.97 Å². The summed E-state index contributed by atoms with van der Waals surface area (Å²) in [7, 11) is 0. The number of hydrogen-bond acceptors (Lipinski definition) is 4. The maximum Gasteiger partial charge on any atom is 0.346 e. The van der Waals surface area contributed by atoms with Gasteiger partial charge in [0.2, 0.25) is 0 Å². The lowest BCUT2D eigenvalue weighted by molar-refractivity contribution is 0.0701. The van der Waals surface area contributed by atoms with Gasteiger partial charge in [-0.25, -0.2) is 4.79 Å². The Morgan fingerprint density at radius 1 is 1.16 bits per heavy atom. The summed E-state index contributed by atoms with van der Waals surface area (Å²) in [6, 6.07) is 12.2. The number of benzene rings is 1. The van der Waals surface area contributed by atoms with Crippen LogP contribution in [0.3, 0.4) is 0 Å². The number of aliphatic hydroxyl groups excluding tert-OH is 1. The molecule has 4 nitrogen and oxygen atoms in total. The summed E-state index contributed by atoms with van der Waals surface area (Å²) < 4.78 is 0. The highest BCUT2D eigenvalue weighted by molar-refractivity contribution is 7.17. The van der Waals surface area contributed by atoms with Crippen molar-refractivity contribution in [3.05, 3.63) is 52.4 Å². The number of nitrogens with zero attached hydrogens (tertiary/aromatic N) is 1. The molecule has 1 aromatic heterocycles. The zero-order valence-electron chi connectivity index (χ0n) is 18.3. The molecule has 0 unspecified atom stereocenters. The topological polar surface area (TPSA) is 60.8 Å². The van der Waals surface area contributed by atoms with E-state index in [0.29, 0.717) is 10.8 Å². The highest BCUT2D eigenvalue weighted by atomic mass is 32.1. The Bertz CT molecular complexity index is 925. The minimum absolute atomic E-state index is 0.220. The van der Waals surface area contributed by atoms with Crippen LogP contribution >= 0.6 is 11.3 Å². The van der Waals surface area contributed by atoms with Crippen molar-refractivity contribution < 1.29 is 15.0 Å². The van der Waals surface area contributed by atoms with Crippen LogP contribution in [0.2, 0.25) is 0 Å². The first-order valence-corrected chi connectivity index (χ1v) is 12.4.